The predicted molar refractivity (Wildman–Crippen MR) is 196 cm³/mol. The molecule has 4 heterocycles. The normalized spacial score (nSPS) is 27.1. The zero-order valence-electron chi connectivity index (χ0n) is 27.4. The molecule has 4 unspecified atom stereocenters. The molecular formula is C40H32N4O4S2. The van der Waals surface area contributed by atoms with Gasteiger partial charge < -0.3 is 0 Å². The van der Waals surface area contributed by atoms with Gasteiger partial charge in [0, 0.05) is 21.2 Å². The average molecular weight is 697 g/mol. The number of carbonyl (C=O) groups is 4. The van der Waals surface area contributed by atoms with Crippen molar-refractivity contribution in [2.75, 3.05) is 14.7 Å². The first kappa shape index (κ1) is 31.0. The van der Waals surface area contributed by atoms with Gasteiger partial charge in [0.05, 0.1) is 11.4 Å². The van der Waals surface area contributed by atoms with Crippen LogP contribution in [0.3, 0.4) is 0 Å². The van der Waals surface area contributed by atoms with Crippen molar-refractivity contribution >= 4 is 64.2 Å². The van der Waals surface area contributed by atoms with E-state index in [1.807, 2.05) is 91.0 Å². The van der Waals surface area contributed by atoms with Gasteiger partial charge in [0.2, 0.25) is 23.6 Å². The number of hydrogen-bond donors (Lipinski definition) is 0. The van der Waals surface area contributed by atoms with Crippen LogP contribution in [0.1, 0.15) is 37.8 Å². The number of amides is 4. The van der Waals surface area contributed by atoms with E-state index in [9.17, 15) is 19.2 Å². The minimum atomic E-state index is -1.58. The largest absolute Gasteiger partial charge is 0.280 e. The van der Waals surface area contributed by atoms with Gasteiger partial charge >= 0.3 is 0 Å². The molecule has 9 rings (SSSR count). The molecule has 4 aromatic rings. The van der Waals surface area contributed by atoms with Crippen LogP contribution in [0.2, 0.25) is 0 Å². The Balaban J connectivity index is 1.14. The fourth-order valence-corrected chi connectivity index (χ4v) is 10.4. The van der Waals surface area contributed by atoms with Crippen LogP contribution in [0.5, 0.6) is 0 Å². The van der Waals surface area contributed by atoms with Gasteiger partial charge in [-0.15, -0.1) is 0 Å². The van der Waals surface area contributed by atoms with Gasteiger partial charge in [-0.3, -0.25) is 38.8 Å². The molecule has 0 spiro atoms. The fraction of sp³-hybridized carbons (Fsp3) is 0.200. The highest BCUT2D eigenvalue weighted by Crippen LogP contribution is 2.53. The molecule has 2 saturated heterocycles. The second-order valence-corrected chi connectivity index (χ2v) is 15.6. The number of allylic oxidation sites excluding steroid dienone is 3. The molecule has 50 heavy (non-hydrogen) atoms. The summed E-state index contributed by atoms with van der Waals surface area (Å²) in [4.78, 5) is 67.6. The summed E-state index contributed by atoms with van der Waals surface area (Å²) in [5.74, 6) is -1.28. The van der Waals surface area contributed by atoms with Crippen LogP contribution in [0.25, 0.3) is 0 Å². The van der Waals surface area contributed by atoms with E-state index in [1.54, 1.807) is 69.5 Å². The van der Waals surface area contributed by atoms with Crippen LogP contribution >= 0.6 is 23.5 Å². The summed E-state index contributed by atoms with van der Waals surface area (Å²) in [7, 11) is 0. The van der Waals surface area contributed by atoms with Crippen molar-refractivity contribution in [3.05, 3.63) is 143 Å². The monoisotopic (exact) mass is 696 g/mol. The first-order chi connectivity index (χ1) is 24.2. The fourth-order valence-electron chi connectivity index (χ4n) is 7.70. The Bertz CT molecular complexity index is 2170. The molecule has 248 valence electrons. The number of thioether (sulfide) groups is 2. The van der Waals surface area contributed by atoms with Crippen molar-refractivity contribution in [1.82, 2.24) is 4.90 Å². The molecular weight excluding hydrogens is 665 g/mol. The van der Waals surface area contributed by atoms with Gasteiger partial charge in [-0.2, -0.15) is 0 Å². The number of anilines is 3. The molecule has 0 bridgehead atoms. The maximum absolute atomic E-state index is 14.7. The SMILES string of the molecule is CC1(c2ccc(C3(C)C(=O)N(c4ccccc4)C4Sc5ccccc5N4C3=O)cc2)C(=O)N2C3=C(CCC=C3)SC2N(c2ccccc2)C1=O. The van der Waals surface area contributed by atoms with Crippen molar-refractivity contribution in [1.29, 1.82) is 0 Å². The molecule has 0 saturated carbocycles. The molecule has 10 heteroatoms. The van der Waals surface area contributed by atoms with Crippen LogP contribution < -0.4 is 14.7 Å². The maximum Gasteiger partial charge on any atom is 0.249 e. The van der Waals surface area contributed by atoms with Crippen molar-refractivity contribution < 1.29 is 19.2 Å². The lowest BCUT2D eigenvalue weighted by Gasteiger charge is -2.48. The topological polar surface area (TPSA) is 81.2 Å². The highest BCUT2D eigenvalue weighted by molar-refractivity contribution is 8.04. The van der Waals surface area contributed by atoms with Gasteiger partial charge in [-0.1, -0.05) is 102 Å². The summed E-state index contributed by atoms with van der Waals surface area (Å²) >= 11 is 3.04. The number of rotatable bonds is 4. The van der Waals surface area contributed by atoms with E-state index in [1.165, 1.54) is 11.8 Å². The van der Waals surface area contributed by atoms with Crippen LogP contribution in [0.15, 0.2) is 137 Å². The van der Waals surface area contributed by atoms with Gasteiger partial charge in [0.25, 0.3) is 0 Å². The van der Waals surface area contributed by atoms with E-state index in [0.29, 0.717) is 22.5 Å². The number of carbonyl (C=O) groups excluding carboxylic acids is 4. The highest BCUT2D eigenvalue weighted by atomic mass is 32.2. The Morgan fingerprint density at radius 3 is 1.62 bits per heavy atom. The van der Waals surface area contributed by atoms with Crippen LogP contribution in [0.4, 0.5) is 17.1 Å². The third kappa shape index (κ3) is 4.15. The van der Waals surface area contributed by atoms with Crippen LogP contribution in [0, 0.1) is 0 Å². The lowest BCUT2D eigenvalue weighted by atomic mass is 9.74. The Morgan fingerprint density at radius 2 is 1.04 bits per heavy atom. The van der Waals surface area contributed by atoms with Crippen LogP contribution in [-0.2, 0) is 30.0 Å². The Hall–Kier alpha value is -5.06. The van der Waals surface area contributed by atoms with E-state index in [4.69, 9.17) is 0 Å². The summed E-state index contributed by atoms with van der Waals surface area (Å²) in [6.45, 7) is 3.36. The molecule has 4 amide bonds. The van der Waals surface area contributed by atoms with E-state index in [2.05, 4.69) is 6.08 Å². The summed E-state index contributed by atoms with van der Waals surface area (Å²) in [5, 5.41) is 0. The standard InChI is InChI=1S/C40H32N4O4S2/c1-39(33(45)41(27-13-5-3-6-14-27)37-43(35(39)47)29-17-9-11-19-31(29)49-37)25-21-23-26(24-22-25)40(2)34(46)42(28-15-7-4-8-16-28)38-44(36(40)48)30-18-10-12-20-32(30)50-38/h3-11,13-19,21-24,37-38H,12,20H2,1-2H3. The molecule has 0 aromatic heterocycles. The van der Waals surface area contributed by atoms with Gasteiger partial charge in [0.1, 0.15) is 0 Å². The third-order valence-corrected chi connectivity index (χ3v) is 13.1. The molecule has 8 nitrogen and oxygen atoms in total. The van der Waals surface area contributed by atoms with E-state index < -0.39 is 21.8 Å². The Morgan fingerprint density at radius 1 is 0.560 bits per heavy atom. The predicted octanol–water partition coefficient (Wildman–Crippen LogP) is 7.14. The number of nitrogens with zero attached hydrogens (tertiary/aromatic N) is 4. The average Bonchev–Trinajstić information content (AvgIpc) is 3.73. The lowest BCUT2D eigenvalue weighted by molar-refractivity contribution is -0.146. The highest BCUT2D eigenvalue weighted by Gasteiger charge is 2.61. The molecule has 2 fully saturated rings. The maximum atomic E-state index is 14.7. The third-order valence-electron chi connectivity index (χ3n) is 10.5. The minimum Gasteiger partial charge on any atom is -0.280 e. The van der Waals surface area contributed by atoms with Crippen molar-refractivity contribution in [3.63, 3.8) is 0 Å². The van der Waals surface area contributed by atoms with Gasteiger partial charge in [0.15, 0.2) is 21.8 Å². The number of hydrogen-bond acceptors (Lipinski definition) is 6. The molecule has 5 aliphatic rings. The molecule has 0 N–H and O–H groups in total. The first-order valence-electron chi connectivity index (χ1n) is 16.6. The zero-order valence-corrected chi connectivity index (χ0v) is 29.0. The van der Waals surface area contributed by atoms with Crippen molar-refractivity contribution in [2.45, 2.75) is 53.4 Å². The number of benzene rings is 4. The molecule has 4 atom stereocenters. The number of fused-ring (bicyclic) bond motifs is 5. The second-order valence-electron chi connectivity index (χ2n) is 13.3. The van der Waals surface area contributed by atoms with Gasteiger partial charge in [-0.25, -0.2) is 0 Å². The van der Waals surface area contributed by atoms with E-state index in [-0.39, 0.29) is 23.6 Å². The lowest BCUT2D eigenvalue weighted by Crippen LogP contribution is -2.67. The number of para-hydroxylation sites is 3. The van der Waals surface area contributed by atoms with Crippen LogP contribution in [-0.4, -0.2) is 39.5 Å². The zero-order chi connectivity index (χ0) is 34.4. The molecule has 4 aliphatic heterocycles. The minimum absolute atomic E-state index is 0.295. The molecule has 0 radical (unpaired) electrons. The first-order valence-corrected chi connectivity index (χ1v) is 18.4. The smallest absolute Gasteiger partial charge is 0.249 e. The second kappa shape index (κ2) is 11.2. The molecule has 4 aromatic carbocycles. The summed E-state index contributed by atoms with van der Waals surface area (Å²) < 4.78 is 0. The molecule has 1 aliphatic carbocycles. The van der Waals surface area contributed by atoms with Crippen molar-refractivity contribution in [3.8, 4) is 0 Å². The van der Waals surface area contributed by atoms with Gasteiger partial charge in [-0.05, 0) is 80.3 Å². The Kier molecular flexibility index (Phi) is 6.95. The summed E-state index contributed by atoms with van der Waals surface area (Å²) in [5.41, 5.74) is -0.239. The van der Waals surface area contributed by atoms with Crippen molar-refractivity contribution in [2.24, 2.45) is 0 Å². The van der Waals surface area contributed by atoms with E-state index >= 15 is 0 Å². The van der Waals surface area contributed by atoms with E-state index in [0.717, 1.165) is 34.0 Å². The Labute approximate surface area is 298 Å². The summed E-state index contributed by atoms with van der Waals surface area (Å²) in [6.07, 6.45) is 5.78. The summed E-state index contributed by atoms with van der Waals surface area (Å²) in [6, 6.07) is 33.5. The quantitative estimate of drug-likeness (QED) is 0.211.